The van der Waals surface area contributed by atoms with Crippen molar-refractivity contribution in [1.29, 1.82) is 0 Å². The first-order chi connectivity index (χ1) is 6.70. The summed E-state index contributed by atoms with van der Waals surface area (Å²) in [7, 11) is 2.07. The van der Waals surface area contributed by atoms with Crippen LogP contribution in [0.25, 0.3) is 0 Å². The number of nitrogens with zero attached hydrogens (tertiary/aromatic N) is 1. The van der Waals surface area contributed by atoms with Gasteiger partial charge >= 0.3 is 0 Å². The number of para-hydroxylation sites is 1. The molecule has 1 fully saturated rings. The third-order valence-corrected chi connectivity index (χ3v) is 2.76. The van der Waals surface area contributed by atoms with Crippen molar-refractivity contribution in [3.05, 3.63) is 29.8 Å². The van der Waals surface area contributed by atoms with Crippen molar-refractivity contribution < 1.29 is 4.79 Å². The van der Waals surface area contributed by atoms with Crippen LogP contribution in [0.2, 0.25) is 0 Å². The lowest BCUT2D eigenvalue weighted by molar-refractivity contribution is 0.101. The van der Waals surface area contributed by atoms with E-state index in [0.717, 1.165) is 11.3 Å². The van der Waals surface area contributed by atoms with Gasteiger partial charge in [0.2, 0.25) is 0 Å². The number of benzene rings is 1. The summed E-state index contributed by atoms with van der Waals surface area (Å²) in [5.74, 6) is 0.146. The molecule has 0 atom stereocenters. The van der Waals surface area contributed by atoms with Crippen LogP contribution in [0.5, 0.6) is 0 Å². The van der Waals surface area contributed by atoms with E-state index in [0.29, 0.717) is 6.04 Å². The summed E-state index contributed by atoms with van der Waals surface area (Å²) in [5.41, 5.74) is 1.91. The minimum absolute atomic E-state index is 0.146. The molecule has 0 saturated heterocycles. The Morgan fingerprint density at radius 3 is 2.57 bits per heavy atom. The summed E-state index contributed by atoms with van der Waals surface area (Å²) in [6.45, 7) is 1.62. The maximum atomic E-state index is 11.4. The number of carbonyl (C=O) groups excluding carboxylic acids is 1. The van der Waals surface area contributed by atoms with Gasteiger partial charge in [-0.05, 0) is 31.9 Å². The van der Waals surface area contributed by atoms with E-state index in [1.165, 1.54) is 12.8 Å². The largest absolute Gasteiger partial charge is 0.371 e. The molecular weight excluding hydrogens is 174 g/mol. The molecule has 0 radical (unpaired) electrons. The van der Waals surface area contributed by atoms with E-state index in [-0.39, 0.29) is 5.78 Å². The number of anilines is 1. The fourth-order valence-corrected chi connectivity index (χ4v) is 1.74. The molecule has 1 aromatic rings. The van der Waals surface area contributed by atoms with Crippen LogP contribution in [0, 0.1) is 0 Å². The van der Waals surface area contributed by atoms with Gasteiger partial charge < -0.3 is 4.90 Å². The van der Waals surface area contributed by atoms with Gasteiger partial charge in [-0.15, -0.1) is 0 Å². The Labute approximate surface area is 84.5 Å². The lowest BCUT2D eigenvalue weighted by Gasteiger charge is -2.20. The number of hydrogen-bond acceptors (Lipinski definition) is 2. The number of Topliss-reactive ketones (excluding diaryl/α,β-unsaturated/α-hetero) is 1. The Balaban J connectivity index is 2.34. The third-order valence-electron chi connectivity index (χ3n) is 2.76. The maximum absolute atomic E-state index is 11.4. The van der Waals surface area contributed by atoms with Crippen LogP contribution in [0.15, 0.2) is 24.3 Å². The van der Waals surface area contributed by atoms with Gasteiger partial charge in [-0.1, -0.05) is 12.1 Å². The Bertz CT molecular complexity index is 355. The molecule has 0 unspecified atom stereocenters. The average Bonchev–Trinajstić information content (AvgIpc) is 3.00. The molecule has 2 heteroatoms. The van der Waals surface area contributed by atoms with Crippen molar-refractivity contribution in [2.24, 2.45) is 0 Å². The first kappa shape index (κ1) is 9.25. The summed E-state index contributed by atoms with van der Waals surface area (Å²) < 4.78 is 0. The fourth-order valence-electron chi connectivity index (χ4n) is 1.74. The van der Waals surface area contributed by atoms with Gasteiger partial charge in [0.15, 0.2) is 5.78 Å². The predicted molar refractivity (Wildman–Crippen MR) is 57.9 cm³/mol. The van der Waals surface area contributed by atoms with Gasteiger partial charge in [-0.3, -0.25) is 4.79 Å². The Kier molecular flexibility index (Phi) is 2.28. The van der Waals surface area contributed by atoms with E-state index in [4.69, 9.17) is 0 Å². The van der Waals surface area contributed by atoms with Gasteiger partial charge in [0.05, 0.1) is 0 Å². The summed E-state index contributed by atoms with van der Waals surface area (Å²) in [6, 6.07) is 8.48. The predicted octanol–water partition coefficient (Wildman–Crippen LogP) is 2.49. The smallest absolute Gasteiger partial charge is 0.161 e. The number of rotatable bonds is 3. The summed E-state index contributed by atoms with van der Waals surface area (Å²) in [4.78, 5) is 13.6. The zero-order chi connectivity index (χ0) is 10.1. The summed E-state index contributed by atoms with van der Waals surface area (Å²) in [6.07, 6.45) is 2.51. The third kappa shape index (κ3) is 1.65. The highest BCUT2D eigenvalue weighted by Gasteiger charge is 2.27. The zero-order valence-electron chi connectivity index (χ0n) is 8.66. The van der Waals surface area contributed by atoms with E-state index in [1.807, 2.05) is 24.3 Å². The minimum atomic E-state index is 0.146. The Morgan fingerprint density at radius 2 is 2.00 bits per heavy atom. The normalized spacial score (nSPS) is 15.3. The number of ketones is 1. The van der Waals surface area contributed by atoms with Crippen LogP contribution in [0.3, 0.4) is 0 Å². The second kappa shape index (κ2) is 3.45. The first-order valence-electron chi connectivity index (χ1n) is 5.03. The highest BCUT2D eigenvalue weighted by molar-refractivity contribution is 5.99. The van der Waals surface area contributed by atoms with Crippen LogP contribution in [0.1, 0.15) is 30.1 Å². The molecule has 14 heavy (non-hydrogen) atoms. The van der Waals surface area contributed by atoms with Crippen molar-refractivity contribution in [3.63, 3.8) is 0 Å². The lowest BCUT2D eigenvalue weighted by Crippen LogP contribution is -2.21. The van der Waals surface area contributed by atoms with E-state index in [1.54, 1.807) is 6.92 Å². The molecule has 2 rings (SSSR count). The molecule has 1 aliphatic rings. The molecule has 0 aliphatic heterocycles. The number of carbonyl (C=O) groups is 1. The average molecular weight is 189 g/mol. The second-order valence-corrected chi connectivity index (χ2v) is 3.92. The van der Waals surface area contributed by atoms with Gasteiger partial charge in [-0.2, -0.15) is 0 Å². The Morgan fingerprint density at radius 1 is 1.36 bits per heavy atom. The van der Waals surface area contributed by atoms with Crippen LogP contribution in [0.4, 0.5) is 5.69 Å². The van der Waals surface area contributed by atoms with Gasteiger partial charge in [0.25, 0.3) is 0 Å². The standard InChI is InChI=1S/C12H15NO/c1-9(14)11-5-3-4-6-12(11)13(2)10-7-8-10/h3-6,10H,7-8H2,1-2H3. The van der Waals surface area contributed by atoms with E-state index < -0.39 is 0 Å². The molecular formula is C12H15NO. The van der Waals surface area contributed by atoms with Crippen LogP contribution in [-0.2, 0) is 0 Å². The molecule has 0 heterocycles. The fraction of sp³-hybridized carbons (Fsp3) is 0.417. The molecule has 1 aliphatic carbocycles. The molecule has 1 saturated carbocycles. The minimum Gasteiger partial charge on any atom is -0.371 e. The lowest BCUT2D eigenvalue weighted by atomic mass is 10.1. The highest BCUT2D eigenvalue weighted by Crippen LogP contribution is 2.32. The summed E-state index contributed by atoms with van der Waals surface area (Å²) in [5, 5.41) is 0. The van der Waals surface area contributed by atoms with Crippen molar-refractivity contribution in [1.82, 2.24) is 0 Å². The zero-order valence-corrected chi connectivity index (χ0v) is 8.66. The van der Waals surface area contributed by atoms with Gasteiger partial charge in [-0.25, -0.2) is 0 Å². The molecule has 0 N–H and O–H groups in total. The summed E-state index contributed by atoms with van der Waals surface area (Å²) >= 11 is 0. The molecule has 2 nitrogen and oxygen atoms in total. The first-order valence-corrected chi connectivity index (χ1v) is 5.03. The quantitative estimate of drug-likeness (QED) is 0.681. The van der Waals surface area contributed by atoms with Crippen LogP contribution < -0.4 is 4.90 Å². The van der Waals surface area contributed by atoms with Crippen LogP contribution in [-0.4, -0.2) is 18.9 Å². The highest BCUT2D eigenvalue weighted by atomic mass is 16.1. The number of hydrogen-bond donors (Lipinski definition) is 0. The topological polar surface area (TPSA) is 20.3 Å². The van der Waals surface area contributed by atoms with Crippen molar-refractivity contribution >= 4 is 11.5 Å². The van der Waals surface area contributed by atoms with Gasteiger partial charge in [0, 0.05) is 24.3 Å². The van der Waals surface area contributed by atoms with E-state index in [9.17, 15) is 4.79 Å². The second-order valence-electron chi connectivity index (χ2n) is 3.92. The van der Waals surface area contributed by atoms with Crippen molar-refractivity contribution in [2.75, 3.05) is 11.9 Å². The van der Waals surface area contributed by atoms with Crippen molar-refractivity contribution in [3.8, 4) is 0 Å². The monoisotopic (exact) mass is 189 g/mol. The molecule has 74 valence electrons. The Hall–Kier alpha value is -1.31. The molecule has 0 bridgehead atoms. The van der Waals surface area contributed by atoms with E-state index in [2.05, 4.69) is 11.9 Å². The SMILES string of the molecule is CC(=O)c1ccccc1N(C)C1CC1. The molecule has 0 amide bonds. The maximum Gasteiger partial charge on any atom is 0.161 e. The van der Waals surface area contributed by atoms with E-state index >= 15 is 0 Å². The molecule has 1 aromatic carbocycles. The van der Waals surface area contributed by atoms with Gasteiger partial charge in [0.1, 0.15) is 0 Å². The van der Waals surface area contributed by atoms with Crippen LogP contribution >= 0.6 is 0 Å². The molecule has 0 spiro atoms. The van der Waals surface area contributed by atoms with Crippen molar-refractivity contribution in [2.45, 2.75) is 25.8 Å². The molecule has 0 aromatic heterocycles.